The van der Waals surface area contributed by atoms with Gasteiger partial charge in [0.1, 0.15) is 10.1 Å². The van der Waals surface area contributed by atoms with E-state index in [1.165, 1.54) is 7.11 Å². The van der Waals surface area contributed by atoms with Gasteiger partial charge in [-0.05, 0) is 31.9 Å². The number of amides is 2. The van der Waals surface area contributed by atoms with Crippen molar-refractivity contribution in [3.8, 4) is 5.75 Å². The Morgan fingerprint density at radius 3 is 2.61 bits per heavy atom. The molecule has 1 aromatic carbocycles. The summed E-state index contributed by atoms with van der Waals surface area (Å²) >= 11 is 12.1. The first-order valence-corrected chi connectivity index (χ1v) is 8.22. The molecular weight excluding hydrogens is 339 g/mol. The summed E-state index contributed by atoms with van der Waals surface area (Å²) in [5.74, 6) is 0.399. The highest BCUT2D eigenvalue weighted by molar-refractivity contribution is 6.53. The number of carbonyl (C=O) groups excluding carboxylic acids is 2. The zero-order chi connectivity index (χ0) is 16.8. The average Bonchev–Trinajstić information content (AvgIpc) is 2.82. The Morgan fingerprint density at radius 2 is 2.09 bits per heavy atom. The van der Waals surface area contributed by atoms with Crippen LogP contribution in [0.5, 0.6) is 5.75 Å². The molecule has 1 saturated carbocycles. The van der Waals surface area contributed by atoms with E-state index in [4.69, 9.17) is 27.9 Å². The van der Waals surface area contributed by atoms with Crippen molar-refractivity contribution in [3.05, 3.63) is 18.2 Å². The first-order valence-electron chi connectivity index (χ1n) is 7.46. The van der Waals surface area contributed by atoms with Crippen molar-refractivity contribution >= 4 is 46.4 Å². The highest BCUT2D eigenvalue weighted by atomic mass is 35.5. The smallest absolute Gasteiger partial charge is 0.233 e. The minimum atomic E-state index is -1.01. The first kappa shape index (κ1) is 16.4. The van der Waals surface area contributed by atoms with Gasteiger partial charge in [0.25, 0.3) is 0 Å². The lowest BCUT2D eigenvalue weighted by Gasteiger charge is -2.20. The van der Waals surface area contributed by atoms with Crippen LogP contribution in [-0.2, 0) is 9.59 Å². The molecule has 5 nitrogen and oxygen atoms in total. The van der Waals surface area contributed by atoms with Crippen LogP contribution < -0.4 is 15.0 Å². The summed E-state index contributed by atoms with van der Waals surface area (Å²) in [6, 6.07) is 5.23. The molecule has 124 valence electrons. The fourth-order valence-electron chi connectivity index (χ4n) is 2.80. The minimum absolute atomic E-state index is 0.0830. The van der Waals surface area contributed by atoms with Crippen LogP contribution in [0.25, 0.3) is 0 Å². The summed E-state index contributed by atoms with van der Waals surface area (Å²) in [4.78, 5) is 25.9. The summed E-state index contributed by atoms with van der Waals surface area (Å²) < 4.78 is 4.36. The summed E-state index contributed by atoms with van der Waals surface area (Å²) in [7, 11) is 1.54. The SMILES string of the molecule is COc1cc(NC(=O)[C@@]2(C)CC2(Cl)Cl)ccc1N1CCCC1=O. The zero-order valence-corrected chi connectivity index (χ0v) is 14.5. The molecule has 1 aliphatic heterocycles. The Hall–Kier alpha value is -1.46. The maximum atomic E-state index is 12.3. The maximum absolute atomic E-state index is 12.3. The average molecular weight is 357 g/mol. The van der Waals surface area contributed by atoms with Crippen LogP contribution in [0, 0.1) is 5.41 Å². The molecular formula is C16H18Cl2N2O3. The van der Waals surface area contributed by atoms with Gasteiger partial charge in [0.2, 0.25) is 11.8 Å². The number of rotatable bonds is 4. The lowest BCUT2D eigenvalue weighted by Crippen LogP contribution is -2.26. The molecule has 1 atom stereocenters. The molecule has 0 unspecified atom stereocenters. The van der Waals surface area contributed by atoms with Crippen LogP contribution in [-0.4, -0.2) is 29.8 Å². The second kappa shape index (κ2) is 5.56. The standard InChI is InChI=1S/C16H18Cl2N2O3/c1-15(9-16(15,17)18)14(22)19-10-5-6-11(12(8-10)23-2)20-7-3-4-13(20)21/h5-6,8H,3-4,7,9H2,1-2H3,(H,19,22)/t15-/m1/s1. The lowest BCUT2D eigenvalue weighted by molar-refractivity contribution is -0.120. The second-order valence-electron chi connectivity index (χ2n) is 6.20. The molecule has 3 rings (SSSR count). The number of hydrogen-bond donors (Lipinski definition) is 1. The normalized spacial score (nSPS) is 25.4. The molecule has 1 saturated heterocycles. The molecule has 2 fully saturated rings. The van der Waals surface area contributed by atoms with Gasteiger partial charge in [-0.2, -0.15) is 0 Å². The predicted molar refractivity (Wildman–Crippen MR) is 90.4 cm³/mol. The molecule has 1 N–H and O–H groups in total. The van der Waals surface area contributed by atoms with Gasteiger partial charge >= 0.3 is 0 Å². The summed E-state index contributed by atoms with van der Waals surface area (Å²) in [6.45, 7) is 2.41. The first-order chi connectivity index (χ1) is 10.8. The topological polar surface area (TPSA) is 58.6 Å². The van der Waals surface area contributed by atoms with E-state index in [-0.39, 0.29) is 11.8 Å². The Kier molecular flexibility index (Phi) is 3.97. The van der Waals surface area contributed by atoms with Crippen LogP contribution in [0.3, 0.4) is 0 Å². The van der Waals surface area contributed by atoms with E-state index in [0.29, 0.717) is 30.8 Å². The van der Waals surface area contributed by atoms with Crippen molar-refractivity contribution in [3.63, 3.8) is 0 Å². The van der Waals surface area contributed by atoms with E-state index in [2.05, 4.69) is 5.32 Å². The predicted octanol–water partition coefficient (Wildman–Crippen LogP) is 3.34. The van der Waals surface area contributed by atoms with E-state index in [9.17, 15) is 9.59 Å². The highest BCUT2D eigenvalue weighted by Gasteiger charge is 2.67. The number of ether oxygens (including phenoxy) is 1. The van der Waals surface area contributed by atoms with E-state index >= 15 is 0 Å². The fraction of sp³-hybridized carbons (Fsp3) is 0.500. The summed E-state index contributed by atoms with van der Waals surface area (Å²) in [5.41, 5.74) is 0.515. The molecule has 1 aliphatic carbocycles. The molecule has 0 spiro atoms. The number of carbonyl (C=O) groups is 2. The molecule has 0 radical (unpaired) electrons. The fourth-order valence-corrected chi connectivity index (χ4v) is 3.50. The van der Waals surface area contributed by atoms with Crippen LogP contribution in [0.1, 0.15) is 26.2 Å². The lowest BCUT2D eigenvalue weighted by atomic mass is 10.1. The number of anilines is 2. The van der Waals surface area contributed by atoms with Crippen LogP contribution in [0.15, 0.2) is 18.2 Å². The van der Waals surface area contributed by atoms with Gasteiger partial charge < -0.3 is 15.0 Å². The highest BCUT2D eigenvalue weighted by Crippen LogP contribution is 2.64. The molecule has 1 heterocycles. The maximum Gasteiger partial charge on any atom is 0.233 e. The van der Waals surface area contributed by atoms with Crippen molar-refractivity contribution in [1.29, 1.82) is 0 Å². The number of alkyl halides is 2. The van der Waals surface area contributed by atoms with Crippen LogP contribution in [0.2, 0.25) is 0 Å². The van der Waals surface area contributed by atoms with E-state index in [1.807, 2.05) is 0 Å². The van der Waals surface area contributed by atoms with Gasteiger partial charge in [0.05, 0.1) is 18.2 Å². The quantitative estimate of drug-likeness (QED) is 0.841. The van der Waals surface area contributed by atoms with E-state index < -0.39 is 9.75 Å². The number of nitrogens with zero attached hydrogens (tertiary/aromatic N) is 1. The van der Waals surface area contributed by atoms with Crippen molar-refractivity contribution in [2.75, 3.05) is 23.9 Å². The van der Waals surface area contributed by atoms with Gasteiger partial charge in [-0.15, -0.1) is 23.2 Å². The molecule has 7 heteroatoms. The van der Waals surface area contributed by atoms with E-state index in [0.717, 1.165) is 12.1 Å². The Bertz CT molecular complexity index is 677. The monoisotopic (exact) mass is 356 g/mol. The molecule has 23 heavy (non-hydrogen) atoms. The molecule has 0 bridgehead atoms. The van der Waals surface area contributed by atoms with Gasteiger partial charge in [-0.1, -0.05) is 0 Å². The molecule has 2 amide bonds. The van der Waals surface area contributed by atoms with Gasteiger partial charge in [0.15, 0.2) is 0 Å². The largest absolute Gasteiger partial charge is 0.494 e. The van der Waals surface area contributed by atoms with Crippen LogP contribution >= 0.6 is 23.2 Å². The van der Waals surface area contributed by atoms with Crippen LogP contribution in [0.4, 0.5) is 11.4 Å². The third-order valence-electron chi connectivity index (χ3n) is 4.56. The van der Waals surface area contributed by atoms with Gasteiger partial charge in [-0.3, -0.25) is 9.59 Å². The van der Waals surface area contributed by atoms with E-state index in [1.54, 1.807) is 30.0 Å². The van der Waals surface area contributed by atoms with Crippen molar-refractivity contribution < 1.29 is 14.3 Å². The van der Waals surface area contributed by atoms with Crippen molar-refractivity contribution in [1.82, 2.24) is 0 Å². The Morgan fingerprint density at radius 1 is 1.39 bits per heavy atom. The number of halogens is 2. The third kappa shape index (κ3) is 2.76. The number of hydrogen-bond acceptors (Lipinski definition) is 3. The summed E-state index contributed by atoms with van der Waals surface area (Å²) in [6.07, 6.45) is 1.81. The zero-order valence-electron chi connectivity index (χ0n) is 13.0. The Balaban J connectivity index is 1.80. The third-order valence-corrected chi connectivity index (χ3v) is 5.66. The number of methoxy groups -OCH3 is 1. The second-order valence-corrected chi connectivity index (χ2v) is 7.69. The molecule has 1 aromatic rings. The minimum Gasteiger partial charge on any atom is -0.494 e. The number of nitrogens with one attached hydrogen (secondary N) is 1. The Labute approximate surface area is 144 Å². The van der Waals surface area contributed by atoms with Gasteiger partial charge in [0, 0.05) is 24.7 Å². The molecule has 2 aliphatic rings. The van der Waals surface area contributed by atoms with Crippen molar-refractivity contribution in [2.45, 2.75) is 30.5 Å². The summed E-state index contributed by atoms with van der Waals surface area (Å²) in [5, 5.41) is 2.81. The van der Waals surface area contributed by atoms with Gasteiger partial charge in [-0.25, -0.2) is 0 Å². The number of benzene rings is 1. The van der Waals surface area contributed by atoms with Crippen molar-refractivity contribution in [2.24, 2.45) is 5.41 Å². The molecule has 0 aromatic heterocycles.